The van der Waals surface area contributed by atoms with Gasteiger partial charge in [-0.1, -0.05) is 32.4 Å². The van der Waals surface area contributed by atoms with E-state index in [2.05, 4.69) is 20.8 Å². The number of allylic oxidation sites excluding steroid dienone is 1. The molecule has 4 heteroatoms. The molecule has 0 spiro atoms. The fraction of sp³-hybridized carbons (Fsp3) is 0.818. The number of rotatable bonds is 4. The second-order valence-corrected chi connectivity index (χ2v) is 4.72. The molecular formula is C11H19ClO3. The summed E-state index contributed by atoms with van der Waals surface area (Å²) in [6.45, 7) is 6.41. The zero-order valence-electron chi connectivity index (χ0n) is 10.2. The van der Waals surface area contributed by atoms with Gasteiger partial charge < -0.3 is 14.2 Å². The zero-order valence-corrected chi connectivity index (χ0v) is 10.9. The van der Waals surface area contributed by atoms with Crippen LogP contribution in [0.2, 0.25) is 0 Å². The molecule has 1 atom stereocenters. The molecule has 1 saturated carbocycles. The van der Waals surface area contributed by atoms with Gasteiger partial charge in [0.1, 0.15) is 5.03 Å². The van der Waals surface area contributed by atoms with E-state index in [-0.39, 0.29) is 5.41 Å². The van der Waals surface area contributed by atoms with Crippen molar-refractivity contribution in [3.05, 3.63) is 10.6 Å². The van der Waals surface area contributed by atoms with Crippen molar-refractivity contribution in [2.75, 3.05) is 21.3 Å². The number of hydrogen-bond donors (Lipinski definition) is 0. The topological polar surface area (TPSA) is 27.7 Å². The van der Waals surface area contributed by atoms with Crippen molar-refractivity contribution in [3.8, 4) is 0 Å². The predicted molar refractivity (Wildman–Crippen MR) is 59.6 cm³/mol. The molecule has 0 aliphatic heterocycles. The van der Waals surface area contributed by atoms with Crippen LogP contribution in [-0.4, -0.2) is 27.3 Å². The number of methoxy groups -OCH3 is 3. The third-order valence-corrected chi connectivity index (χ3v) is 3.87. The third-order valence-electron chi connectivity index (χ3n) is 3.44. The SMILES string of the molecule is COC(OC)(OC)C(Cl)=C1C(C)C1(C)C. The molecule has 0 bridgehead atoms. The number of hydrogen-bond acceptors (Lipinski definition) is 3. The van der Waals surface area contributed by atoms with Gasteiger partial charge in [-0.15, -0.1) is 0 Å². The van der Waals surface area contributed by atoms with Crippen LogP contribution in [0.5, 0.6) is 0 Å². The predicted octanol–water partition coefficient (Wildman–Crippen LogP) is 2.75. The van der Waals surface area contributed by atoms with Gasteiger partial charge in [0.25, 0.3) is 0 Å². The van der Waals surface area contributed by atoms with Crippen molar-refractivity contribution >= 4 is 11.6 Å². The van der Waals surface area contributed by atoms with E-state index in [1.165, 1.54) is 21.3 Å². The van der Waals surface area contributed by atoms with E-state index in [1.807, 2.05) is 0 Å². The van der Waals surface area contributed by atoms with Crippen LogP contribution in [0.15, 0.2) is 10.6 Å². The summed E-state index contributed by atoms with van der Waals surface area (Å²) in [5, 5.41) is 0.507. The maximum atomic E-state index is 6.29. The van der Waals surface area contributed by atoms with E-state index in [1.54, 1.807) is 0 Å². The molecule has 0 amide bonds. The lowest BCUT2D eigenvalue weighted by Crippen LogP contribution is -2.36. The van der Waals surface area contributed by atoms with Gasteiger partial charge in [0.05, 0.1) is 0 Å². The number of ether oxygens (including phenoxy) is 3. The summed E-state index contributed by atoms with van der Waals surface area (Å²) in [6, 6.07) is 0. The molecule has 0 aromatic carbocycles. The molecule has 1 aliphatic carbocycles. The maximum absolute atomic E-state index is 6.29. The average Bonchev–Trinajstić information content (AvgIpc) is 2.69. The Labute approximate surface area is 96.3 Å². The Hall–Kier alpha value is -0.0900. The van der Waals surface area contributed by atoms with E-state index in [0.29, 0.717) is 11.0 Å². The molecule has 0 aromatic rings. The Bertz CT molecular complexity index is 271. The lowest BCUT2D eigenvalue weighted by atomic mass is 10.1. The standard InChI is InChI=1S/C11H19ClO3/c1-7-8(10(7,2)3)9(12)11(13-4,14-5)15-6/h7H,1-6H3. The second-order valence-electron chi connectivity index (χ2n) is 4.34. The molecule has 1 aliphatic rings. The normalized spacial score (nSPS) is 27.8. The fourth-order valence-electron chi connectivity index (χ4n) is 1.93. The molecule has 0 saturated heterocycles. The zero-order chi connectivity index (χ0) is 11.9. The van der Waals surface area contributed by atoms with Crippen LogP contribution >= 0.6 is 11.6 Å². The van der Waals surface area contributed by atoms with Crippen LogP contribution in [0.3, 0.4) is 0 Å². The largest absolute Gasteiger partial charge is 0.326 e. The van der Waals surface area contributed by atoms with Gasteiger partial charge >= 0.3 is 5.97 Å². The molecule has 1 fully saturated rings. The average molecular weight is 235 g/mol. The summed E-state index contributed by atoms with van der Waals surface area (Å²) < 4.78 is 15.6. The first-order chi connectivity index (χ1) is 6.87. The van der Waals surface area contributed by atoms with E-state index >= 15 is 0 Å². The molecular weight excluding hydrogens is 216 g/mol. The maximum Gasteiger partial charge on any atom is 0.322 e. The summed E-state index contributed by atoms with van der Waals surface area (Å²) in [6.07, 6.45) is 0. The van der Waals surface area contributed by atoms with Gasteiger partial charge in [0.2, 0.25) is 0 Å². The quantitative estimate of drug-likeness (QED) is 0.700. The number of halogens is 1. The Morgan fingerprint density at radius 1 is 1.20 bits per heavy atom. The van der Waals surface area contributed by atoms with Crippen LogP contribution in [0.4, 0.5) is 0 Å². The highest BCUT2D eigenvalue weighted by molar-refractivity contribution is 6.31. The van der Waals surface area contributed by atoms with Gasteiger partial charge in [-0.05, 0) is 16.9 Å². The van der Waals surface area contributed by atoms with E-state index in [4.69, 9.17) is 25.8 Å². The highest BCUT2D eigenvalue weighted by Gasteiger charge is 2.54. The van der Waals surface area contributed by atoms with Gasteiger partial charge in [-0.2, -0.15) is 0 Å². The monoisotopic (exact) mass is 234 g/mol. The van der Waals surface area contributed by atoms with Crippen molar-refractivity contribution in [2.24, 2.45) is 11.3 Å². The van der Waals surface area contributed by atoms with Crippen molar-refractivity contribution in [2.45, 2.75) is 26.7 Å². The molecule has 0 heterocycles. The molecule has 15 heavy (non-hydrogen) atoms. The van der Waals surface area contributed by atoms with Crippen LogP contribution < -0.4 is 0 Å². The van der Waals surface area contributed by atoms with Crippen molar-refractivity contribution in [3.63, 3.8) is 0 Å². The van der Waals surface area contributed by atoms with Crippen molar-refractivity contribution < 1.29 is 14.2 Å². The highest BCUT2D eigenvalue weighted by Crippen LogP contribution is 2.61. The minimum absolute atomic E-state index is 0.109. The lowest BCUT2D eigenvalue weighted by molar-refractivity contribution is -0.322. The van der Waals surface area contributed by atoms with Crippen LogP contribution in [0.25, 0.3) is 0 Å². The van der Waals surface area contributed by atoms with E-state index in [0.717, 1.165) is 5.57 Å². The Balaban J connectivity index is 3.08. The van der Waals surface area contributed by atoms with E-state index in [9.17, 15) is 0 Å². The second kappa shape index (κ2) is 4.06. The van der Waals surface area contributed by atoms with Crippen LogP contribution in [0, 0.1) is 11.3 Å². The van der Waals surface area contributed by atoms with Gasteiger partial charge in [-0.25, -0.2) is 0 Å². The first kappa shape index (κ1) is 13.0. The summed E-state index contributed by atoms with van der Waals surface area (Å²) in [7, 11) is 4.53. The molecule has 1 unspecified atom stereocenters. The van der Waals surface area contributed by atoms with Gasteiger partial charge in [0.15, 0.2) is 0 Å². The minimum atomic E-state index is -1.25. The highest BCUT2D eigenvalue weighted by atomic mass is 35.5. The van der Waals surface area contributed by atoms with Crippen molar-refractivity contribution in [1.82, 2.24) is 0 Å². The van der Waals surface area contributed by atoms with Crippen LogP contribution in [0.1, 0.15) is 20.8 Å². The first-order valence-electron chi connectivity index (χ1n) is 4.93. The Morgan fingerprint density at radius 3 is 1.73 bits per heavy atom. The van der Waals surface area contributed by atoms with Gasteiger partial charge in [0, 0.05) is 21.3 Å². The smallest absolute Gasteiger partial charge is 0.322 e. The molecule has 3 nitrogen and oxygen atoms in total. The molecule has 0 aromatic heterocycles. The minimum Gasteiger partial charge on any atom is -0.326 e. The van der Waals surface area contributed by atoms with Crippen molar-refractivity contribution in [1.29, 1.82) is 0 Å². The summed E-state index contributed by atoms with van der Waals surface area (Å²) in [4.78, 5) is 0. The molecule has 88 valence electrons. The van der Waals surface area contributed by atoms with Crippen LogP contribution in [-0.2, 0) is 14.2 Å². The Kier molecular flexibility index (Phi) is 3.51. The molecule has 0 radical (unpaired) electrons. The first-order valence-corrected chi connectivity index (χ1v) is 5.31. The third kappa shape index (κ3) is 1.82. The summed E-state index contributed by atoms with van der Waals surface area (Å²) in [5.74, 6) is -0.816. The fourth-order valence-corrected chi connectivity index (χ4v) is 2.56. The van der Waals surface area contributed by atoms with E-state index < -0.39 is 5.97 Å². The molecule has 0 N–H and O–H groups in total. The lowest BCUT2D eigenvalue weighted by Gasteiger charge is -2.28. The molecule has 1 rings (SSSR count). The summed E-state index contributed by atoms with van der Waals surface area (Å²) in [5.41, 5.74) is 1.24. The summed E-state index contributed by atoms with van der Waals surface area (Å²) >= 11 is 6.29. The van der Waals surface area contributed by atoms with Gasteiger partial charge in [-0.3, -0.25) is 0 Å². The Morgan fingerprint density at radius 2 is 1.53 bits per heavy atom.